The Bertz CT molecular complexity index is 1130. The van der Waals surface area contributed by atoms with Crippen LogP contribution >= 0.6 is 0 Å². The van der Waals surface area contributed by atoms with Crippen molar-refractivity contribution in [3.8, 4) is 17.5 Å². The summed E-state index contributed by atoms with van der Waals surface area (Å²) in [4.78, 5) is 25.3. The van der Waals surface area contributed by atoms with E-state index in [2.05, 4.69) is 10.3 Å². The molecule has 0 aliphatic heterocycles. The zero-order valence-corrected chi connectivity index (χ0v) is 17.1. The molecule has 0 unspecified atom stereocenters. The van der Waals surface area contributed by atoms with Gasteiger partial charge in [-0.05, 0) is 44.2 Å². The monoisotopic (exact) mass is 420 g/mol. The van der Waals surface area contributed by atoms with Crippen molar-refractivity contribution in [1.82, 2.24) is 15.0 Å². The highest BCUT2D eigenvalue weighted by Crippen LogP contribution is 2.23. The van der Waals surface area contributed by atoms with Gasteiger partial charge in [-0.2, -0.15) is 5.26 Å². The maximum atomic E-state index is 13.3. The number of hydrogen-bond acceptors (Lipinski definition) is 7. The van der Waals surface area contributed by atoms with Crippen LogP contribution in [-0.2, 0) is 0 Å². The molecule has 0 N–H and O–H groups in total. The first-order valence-electron chi connectivity index (χ1n) is 9.55. The number of nitriles is 1. The number of hydrogen-bond donors (Lipinski definition) is 0. The second-order valence-corrected chi connectivity index (χ2v) is 6.50. The van der Waals surface area contributed by atoms with E-state index in [1.165, 1.54) is 27.8 Å². The lowest BCUT2D eigenvalue weighted by atomic mass is 10.2. The van der Waals surface area contributed by atoms with Gasteiger partial charge in [-0.25, -0.2) is 4.68 Å². The highest BCUT2D eigenvalue weighted by molar-refractivity contribution is 6.05. The normalized spacial score (nSPS) is 10.4. The number of benzene rings is 2. The number of amides is 1. The van der Waals surface area contributed by atoms with Gasteiger partial charge in [0, 0.05) is 24.4 Å². The average Bonchev–Trinajstić information content (AvgIpc) is 3.16. The van der Waals surface area contributed by atoms with Crippen LogP contribution < -0.4 is 9.64 Å². The fraction of sp³-hybridized carbons (Fsp3) is 0.238. The quantitative estimate of drug-likeness (QED) is 0.403. The minimum absolute atomic E-state index is 0.0923. The Morgan fingerprint density at radius 2 is 2.03 bits per heavy atom. The van der Waals surface area contributed by atoms with Crippen molar-refractivity contribution in [3.05, 3.63) is 70.0 Å². The second kappa shape index (κ2) is 9.49. The fourth-order valence-electron chi connectivity index (χ4n) is 3.04. The number of carbonyl (C=O) groups excluding carboxylic acids is 1. The summed E-state index contributed by atoms with van der Waals surface area (Å²) in [5.74, 6) is 0.250. The van der Waals surface area contributed by atoms with Crippen LogP contribution in [0.5, 0.6) is 5.75 Å². The number of non-ortho nitro benzene ring substituents is 1. The molecular weight excluding hydrogens is 400 g/mol. The van der Waals surface area contributed by atoms with Gasteiger partial charge in [0.1, 0.15) is 5.75 Å². The van der Waals surface area contributed by atoms with Gasteiger partial charge >= 0.3 is 0 Å². The van der Waals surface area contributed by atoms with Gasteiger partial charge in [-0.1, -0.05) is 11.3 Å². The maximum absolute atomic E-state index is 13.3. The van der Waals surface area contributed by atoms with Gasteiger partial charge in [0.15, 0.2) is 5.69 Å². The van der Waals surface area contributed by atoms with E-state index in [1.54, 1.807) is 37.3 Å². The van der Waals surface area contributed by atoms with Gasteiger partial charge in [0.05, 0.1) is 35.4 Å². The predicted octanol–water partition coefficient (Wildman–Crippen LogP) is 3.44. The first-order chi connectivity index (χ1) is 15.0. The molecule has 0 fully saturated rings. The van der Waals surface area contributed by atoms with Crippen molar-refractivity contribution < 1.29 is 14.5 Å². The molecule has 0 saturated heterocycles. The van der Waals surface area contributed by atoms with Crippen molar-refractivity contribution in [2.75, 3.05) is 18.1 Å². The van der Waals surface area contributed by atoms with Crippen LogP contribution in [0, 0.1) is 28.4 Å². The molecule has 10 heteroatoms. The molecule has 1 aromatic heterocycles. The summed E-state index contributed by atoms with van der Waals surface area (Å²) in [6.07, 6.45) is 0.136. The number of nitrogens with zero attached hydrogens (tertiary/aromatic N) is 6. The van der Waals surface area contributed by atoms with Crippen LogP contribution in [0.4, 0.5) is 11.4 Å². The van der Waals surface area contributed by atoms with Gasteiger partial charge in [0.2, 0.25) is 0 Å². The first kappa shape index (κ1) is 21.4. The lowest BCUT2D eigenvalue weighted by Gasteiger charge is -2.21. The number of aromatic nitrogens is 3. The summed E-state index contributed by atoms with van der Waals surface area (Å²) in [5, 5.41) is 28.1. The molecule has 1 amide bonds. The van der Waals surface area contributed by atoms with Crippen LogP contribution in [0.3, 0.4) is 0 Å². The third-order valence-corrected chi connectivity index (χ3v) is 4.53. The highest BCUT2D eigenvalue weighted by atomic mass is 16.6. The van der Waals surface area contributed by atoms with E-state index in [9.17, 15) is 14.9 Å². The predicted molar refractivity (Wildman–Crippen MR) is 112 cm³/mol. The number of carbonyl (C=O) groups is 1. The largest absolute Gasteiger partial charge is 0.494 e. The zero-order valence-electron chi connectivity index (χ0n) is 17.1. The van der Waals surface area contributed by atoms with Crippen LogP contribution in [0.25, 0.3) is 5.69 Å². The van der Waals surface area contributed by atoms with Crippen molar-refractivity contribution in [2.24, 2.45) is 0 Å². The summed E-state index contributed by atoms with van der Waals surface area (Å²) < 4.78 is 6.81. The molecule has 10 nitrogen and oxygen atoms in total. The Labute approximate surface area is 178 Å². The van der Waals surface area contributed by atoms with Crippen LogP contribution in [0.2, 0.25) is 0 Å². The molecule has 31 heavy (non-hydrogen) atoms. The van der Waals surface area contributed by atoms with Gasteiger partial charge in [-0.3, -0.25) is 14.9 Å². The molecule has 0 aliphatic rings. The van der Waals surface area contributed by atoms with Crippen molar-refractivity contribution in [2.45, 2.75) is 20.3 Å². The molecular formula is C21H20N6O4. The lowest BCUT2D eigenvalue weighted by Crippen LogP contribution is -2.32. The van der Waals surface area contributed by atoms with Crippen molar-refractivity contribution in [1.29, 1.82) is 5.26 Å². The molecule has 3 aromatic rings. The molecule has 1 heterocycles. The molecule has 158 valence electrons. The van der Waals surface area contributed by atoms with Crippen molar-refractivity contribution in [3.63, 3.8) is 0 Å². The van der Waals surface area contributed by atoms with Crippen LogP contribution in [-0.4, -0.2) is 39.0 Å². The molecule has 0 spiro atoms. The average molecular weight is 420 g/mol. The Morgan fingerprint density at radius 1 is 1.29 bits per heavy atom. The smallest absolute Gasteiger partial charge is 0.280 e. The van der Waals surface area contributed by atoms with E-state index < -0.39 is 10.8 Å². The Kier molecular flexibility index (Phi) is 6.57. The Balaban J connectivity index is 1.94. The summed E-state index contributed by atoms with van der Waals surface area (Å²) >= 11 is 0. The van der Waals surface area contributed by atoms with E-state index in [0.29, 0.717) is 29.4 Å². The summed E-state index contributed by atoms with van der Waals surface area (Å²) in [6.45, 7) is 4.24. The SMILES string of the molecule is CCOc1ccc(N(CCC#N)C(=O)c2nnn(-c3cccc([N+](=O)[O-])c3)c2C)cc1. The molecule has 0 radical (unpaired) electrons. The van der Waals surface area contributed by atoms with E-state index >= 15 is 0 Å². The van der Waals surface area contributed by atoms with E-state index in [1.807, 2.05) is 13.0 Å². The summed E-state index contributed by atoms with van der Waals surface area (Å²) in [5.41, 5.74) is 1.44. The van der Waals surface area contributed by atoms with E-state index in [-0.39, 0.29) is 24.3 Å². The van der Waals surface area contributed by atoms with E-state index in [0.717, 1.165) is 0 Å². The third-order valence-electron chi connectivity index (χ3n) is 4.53. The molecule has 0 saturated carbocycles. The van der Waals surface area contributed by atoms with Crippen molar-refractivity contribution >= 4 is 17.3 Å². The number of anilines is 1. The van der Waals surface area contributed by atoms with Gasteiger partial charge < -0.3 is 9.64 Å². The van der Waals surface area contributed by atoms with Crippen LogP contribution in [0.1, 0.15) is 29.5 Å². The topological polar surface area (TPSA) is 127 Å². The number of nitro groups is 1. The molecule has 2 aromatic carbocycles. The summed E-state index contributed by atoms with van der Waals surface area (Å²) in [6, 6.07) is 14.9. The number of nitro benzene ring substituents is 1. The Morgan fingerprint density at radius 3 is 2.68 bits per heavy atom. The molecule has 3 rings (SSSR count). The molecule has 0 aliphatic carbocycles. The van der Waals surface area contributed by atoms with Crippen LogP contribution in [0.15, 0.2) is 48.5 Å². The second-order valence-electron chi connectivity index (χ2n) is 6.50. The third kappa shape index (κ3) is 4.67. The van der Waals surface area contributed by atoms with Gasteiger partial charge in [0.25, 0.3) is 11.6 Å². The minimum Gasteiger partial charge on any atom is -0.494 e. The maximum Gasteiger partial charge on any atom is 0.280 e. The highest BCUT2D eigenvalue weighted by Gasteiger charge is 2.24. The molecule has 0 atom stereocenters. The Hall–Kier alpha value is -4.26. The first-order valence-corrected chi connectivity index (χ1v) is 9.55. The fourth-order valence-corrected chi connectivity index (χ4v) is 3.04. The molecule has 0 bridgehead atoms. The van der Waals surface area contributed by atoms with Gasteiger partial charge in [-0.15, -0.1) is 5.10 Å². The number of rotatable bonds is 8. The minimum atomic E-state index is -0.503. The van der Waals surface area contributed by atoms with E-state index in [4.69, 9.17) is 10.00 Å². The number of ether oxygens (including phenoxy) is 1. The summed E-state index contributed by atoms with van der Waals surface area (Å²) in [7, 11) is 0. The lowest BCUT2D eigenvalue weighted by molar-refractivity contribution is -0.384. The standard InChI is InChI=1S/C21H20N6O4/c1-3-31-19-10-8-16(9-11-19)25(13-5-12-22)21(28)20-15(2)26(24-23-20)17-6-4-7-18(14-17)27(29)30/h4,6-11,14H,3,5,13H2,1-2H3. The zero-order chi connectivity index (χ0) is 22.4.